The number of aromatic nitrogens is 3. The number of aromatic amines is 1. The number of aryl methyl sites for hydroxylation is 1. The second-order valence-electron chi connectivity index (χ2n) is 7.53. The minimum atomic E-state index is 0.385. The van der Waals surface area contributed by atoms with Gasteiger partial charge < -0.3 is 9.88 Å². The van der Waals surface area contributed by atoms with E-state index in [9.17, 15) is 0 Å². The molecule has 2 aromatic carbocycles. The van der Waals surface area contributed by atoms with Crippen LogP contribution >= 0.6 is 0 Å². The van der Waals surface area contributed by atoms with Gasteiger partial charge in [-0.2, -0.15) is 0 Å². The van der Waals surface area contributed by atoms with E-state index in [4.69, 9.17) is 0 Å². The summed E-state index contributed by atoms with van der Waals surface area (Å²) in [5.74, 6) is 0.385. The molecule has 4 nitrogen and oxygen atoms in total. The van der Waals surface area contributed by atoms with Crippen LogP contribution < -0.4 is 0 Å². The van der Waals surface area contributed by atoms with Gasteiger partial charge in [0.25, 0.3) is 0 Å². The van der Waals surface area contributed by atoms with Crippen LogP contribution in [0.1, 0.15) is 28.3 Å². The number of fused-ring (bicyclic) bond motifs is 2. The lowest BCUT2D eigenvalue weighted by atomic mass is 9.83. The maximum absolute atomic E-state index is 4.64. The number of hydrogen-bond acceptors (Lipinski definition) is 3. The van der Waals surface area contributed by atoms with Crippen molar-refractivity contribution in [3.8, 4) is 11.3 Å². The van der Waals surface area contributed by atoms with Gasteiger partial charge in [0, 0.05) is 42.5 Å². The van der Waals surface area contributed by atoms with Crippen molar-refractivity contribution in [3.05, 3.63) is 83.4 Å². The molecule has 2 aromatic heterocycles. The van der Waals surface area contributed by atoms with Gasteiger partial charge in [-0.05, 0) is 60.3 Å². The Morgan fingerprint density at radius 3 is 2.89 bits per heavy atom. The average molecular weight is 354 g/mol. The van der Waals surface area contributed by atoms with Crippen LogP contribution in [0.3, 0.4) is 0 Å². The third-order valence-electron chi connectivity index (χ3n) is 5.48. The topological polar surface area (TPSA) is 44.8 Å². The molecule has 1 atom stereocenters. The van der Waals surface area contributed by atoms with Gasteiger partial charge in [0.05, 0.1) is 17.6 Å². The normalized spacial score (nSPS) is 17.2. The van der Waals surface area contributed by atoms with Gasteiger partial charge in [-0.3, -0.25) is 4.98 Å². The summed E-state index contributed by atoms with van der Waals surface area (Å²) in [6.07, 6.45) is 5.64. The summed E-state index contributed by atoms with van der Waals surface area (Å²) in [5.41, 5.74) is 8.39. The van der Waals surface area contributed by atoms with Crippen LogP contribution in [0, 0.1) is 6.92 Å². The summed E-state index contributed by atoms with van der Waals surface area (Å²) in [4.78, 5) is 14.6. The maximum Gasteiger partial charge on any atom is 0.0888 e. The van der Waals surface area contributed by atoms with E-state index < -0.39 is 0 Å². The zero-order valence-electron chi connectivity index (χ0n) is 15.6. The Morgan fingerprint density at radius 1 is 1.07 bits per heavy atom. The standard InChI is InChI=1S/C23H22N4/c1-15-11-24-12-23(26-15)17-3-5-20-19(10-17)13-27(2)14-21(20)16-4-6-22-18(9-16)7-8-25-22/h3-12,21,25H,13-14H2,1-2H3. The number of nitrogens with one attached hydrogen (secondary N) is 1. The summed E-state index contributed by atoms with van der Waals surface area (Å²) in [6, 6.07) is 15.7. The molecule has 0 bridgehead atoms. The summed E-state index contributed by atoms with van der Waals surface area (Å²) in [6.45, 7) is 3.98. The van der Waals surface area contributed by atoms with E-state index in [2.05, 4.69) is 69.4 Å². The lowest BCUT2D eigenvalue weighted by molar-refractivity contribution is 0.295. The highest BCUT2D eigenvalue weighted by Crippen LogP contribution is 2.36. The molecule has 27 heavy (non-hydrogen) atoms. The molecule has 1 aliphatic rings. The van der Waals surface area contributed by atoms with Crippen LogP contribution in [0.25, 0.3) is 22.2 Å². The van der Waals surface area contributed by atoms with Crippen molar-refractivity contribution >= 4 is 10.9 Å². The Kier molecular flexibility index (Phi) is 3.80. The van der Waals surface area contributed by atoms with Crippen molar-refractivity contribution in [2.45, 2.75) is 19.4 Å². The highest BCUT2D eigenvalue weighted by molar-refractivity contribution is 5.80. The van der Waals surface area contributed by atoms with E-state index in [0.29, 0.717) is 5.92 Å². The van der Waals surface area contributed by atoms with Crippen LogP contribution in [-0.2, 0) is 6.54 Å². The van der Waals surface area contributed by atoms with Gasteiger partial charge in [0.15, 0.2) is 0 Å². The van der Waals surface area contributed by atoms with Crippen molar-refractivity contribution in [2.75, 3.05) is 13.6 Å². The minimum absolute atomic E-state index is 0.385. The Hall–Kier alpha value is -2.98. The Morgan fingerprint density at radius 2 is 2.00 bits per heavy atom. The fraction of sp³-hybridized carbons (Fsp3) is 0.217. The smallest absolute Gasteiger partial charge is 0.0888 e. The second-order valence-corrected chi connectivity index (χ2v) is 7.53. The van der Waals surface area contributed by atoms with E-state index >= 15 is 0 Å². The van der Waals surface area contributed by atoms with Crippen molar-refractivity contribution in [3.63, 3.8) is 0 Å². The Balaban J connectivity index is 1.58. The van der Waals surface area contributed by atoms with Crippen LogP contribution in [0.15, 0.2) is 61.1 Å². The van der Waals surface area contributed by atoms with E-state index in [1.54, 1.807) is 6.20 Å². The molecular weight excluding hydrogens is 332 g/mol. The molecule has 1 unspecified atom stereocenters. The first kappa shape index (κ1) is 16.2. The third kappa shape index (κ3) is 2.92. The zero-order chi connectivity index (χ0) is 18.4. The molecule has 134 valence electrons. The largest absolute Gasteiger partial charge is 0.361 e. The van der Waals surface area contributed by atoms with Crippen LogP contribution in [0.2, 0.25) is 0 Å². The first-order chi connectivity index (χ1) is 13.2. The molecule has 1 N–H and O–H groups in total. The molecule has 0 fully saturated rings. The lowest BCUT2D eigenvalue weighted by Gasteiger charge is -2.33. The molecule has 0 amide bonds. The summed E-state index contributed by atoms with van der Waals surface area (Å²) in [5, 5.41) is 1.27. The fourth-order valence-corrected chi connectivity index (χ4v) is 4.18. The number of hydrogen-bond donors (Lipinski definition) is 1. The highest BCUT2D eigenvalue weighted by atomic mass is 15.1. The predicted octanol–water partition coefficient (Wildman–Crippen LogP) is 4.51. The van der Waals surface area contributed by atoms with Gasteiger partial charge in [0.1, 0.15) is 0 Å². The molecule has 4 heteroatoms. The fourth-order valence-electron chi connectivity index (χ4n) is 4.18. The van der Waals surface area contributed by atoms with Gasteiger partial charge >= 0.3 is 0 Å². The third-order valence-corrected chi connectivity index (χ3v) is 5.48. The second kappa shape index (κ2) is 6.32. The molecule has 0 spiro atoms. The van der Waals surface area contributed by atoms with Crippen molar-refractivity contribution in [2.24, 2.45) is 0 Å². The number of rotatable bonds is 2. The molecule has 4 aromatic rings. The summed E-state index contributed by atoms with van der Waals surface area (Å²) < 4.78 is 0. The quantitative estimate of drug-likeness (QED) is 0.576. The average Bonchev–Trinajstić information content (AvgIpc) is 3.14. The van der Waals surface area contributed by atoms with Crippen LogP contribution in [0.5, 0.6) is 0 Å². The molecule has 0 saturated carbocycles. The van der Waals surface area contributed by atoms with E-state index in [-0.39, 0.29) is 0 Å². The Labute approximate surface area is 158 Å². The SMILES string of the molecule is Cc1cncc(-c2ccc3c(c2)CN(C)CC3c2ccc3[nH]ccc3c2)n1. The molecule has 3 heterocycles. The summed E-state index contributed by atoms with van der Waals surface area (Å²) in [7, 11) is 2.20. The van der Waals surface area contributed by atoms with Gasteiger partial charge in [-0.25, -0.2) is 4.98 Å². The van der Waals surface area contributed by atoms with Crippen LogP contribution in [0.4, 0.5) is 0 Å². The van der Waals surface area contributed by atoms with Gasteiger partial charge in [0.2, 0.25) is 0 Å². The van der Waals surface area contributed by atoms with Crippen LogP contribution in [-0.4, -0.2) is 33.4 Å². The summed E-state index contributed by atoms with van der Waals surface area (Å²) >= 11 is 0. The number of nitrogens with zero attached hydrogens (tertiary/aromatic N) is 3. The number of H-pyrrole nitrogens is 1. The van der Waals surface area contributed by atoms with Crippen molar-refractivity contribution in [1.82, 2.24) is 19.9 Å². The lowest BCUT2D eigenvalue weighted by Crippen LogP contribution is -2.31. The monoisotopic (exact) mass is 354 g/mol. The predicted molar refractivity (Wildman–Crippen MR) is 109 cm³/mol. The van der Waals surface area contributed by atoms with E-state index in [1.807, 2.05) is 19.3 Å². The highest BCUT2D eigenvalue weighted by Gasteiger charge is 2.25. The molecule has 1 aliphatic heterocycles. The minimum Gasteiger partial charge on any atom is -0.361 e. The first-order valence-electron chi connectivity index (χ1n) is 9.35. The number of benzene rings is 2. The molecule has 0 radical (unpaired) electrons. The number of likely N-dealkylation sites (N-methyl/N-ethyl adjacent to an activating group) is 1. The molecular formula is C23H22N4. The van der Waals surface area contributed by atoms with Crippen molar-refractivity contribution in [1.29, 1.82) is 0 Å². The van der Waals surface area contributed by atoms with Crippen molar-refractivity contribution < 1.29 is 0 Å². The molecule has 0 saturated heterocycles. The molecule has 5 rings (SSSR count). The van der Waals surface area contributed by atoms with Gasteiger partial charge in [-0.1, -0.05) is 18.2 Å². The van der Waals surface area contributed by atoms with E-state index in [0.717, 1.165) is 30.0 Å². The van der Waals surface area contributed by atoms with Gasteiger partial charge in [-0.15, -0.1) is 0 Å². The molecule has 0 aliphatic carbocycles. The first-order valence-corrected chi connectivity index (χ1v) is 9.35. The van der Waals surface area contributed by atoms with E-state index in [1.165, 1.54) is 27.6 Å². The zero-order valence-corrected chi connectivity index (χ0v) is 15.6. The maximum atomic E-state index is 4.64. The Bertz CT molecular complexity index is 1130.